The largest absolute Gasteiger partial charge is 0.478 e. The summed E-state index contributed by atoms with van der Waals surface area (Å²) >= 11 is 0. The van der Waals surface area contributed by atoms with Crippen LogP contribution in [0.4, 0.5) is 10.1 Å². The van der Waals surface area contributed by atoms with Gasteiger partial charge in [-0.1, -0.05) is 0 Å². The van der Waals surface area contributed by atoms with Crippen LogP contribution in [0, 0.1) is 5.82 Å². The van der Waals surface area contributed by atoms with E-state index in [4.69, 9.17) is 0 Å². The Morgan fingerprint density at radius 2 is 2.26 bits per heavy atom. The summed E-state index contributed by atoms with van der Waals surface area (Å²) in [4.78, 5) is 15.4. The van der Waals surface area contributed by atoms with E-state index in [9.17, 15) is 14.3 Å². The fourth-order valence-electron chi connectivity index (χ4n) is 2.69. The van der Waals surface area contributed by atoms with E-state index >= 15 is 0 Å². The molecule has 1 saturated heterocycles. The van der Waals surface area contributed by atoms with Crippen molar-refractivity contribution < 1.29 is 14.3 Å². The van der Waals surface area contributed by atoms with Gasteiger partial charge in [0.15, 0.2) is 0 Å². The third-order valence-corrected chi connectivity index (χ3v) is 3.45. The average Bonchev–Trinajstić information content (AvgIpc) is 2.76. The Morgan fingerprint density at radius 3 is 2.89 bits per heavy atom. The van der Waals surface area contributed by atoms with Crippen LogP contribution >= 0.6 is 0 Å². The maximum Gasteiger partial charge on any atom is 0.337 e. The van der Waals surface area contributed by atoms with Crippen molar-refractivity contribution in [1.82, 2.24) is 4.90 Å². The maximum absolute atomic E-state index is 13.2. The second kappa shape index (κ2) is 5.57. The van der Waals surface area contributed by atoms with Crippen LogP contribution < -0.4 is 4.90 Å². The Bertz CT molecular complexity index is 477. The smallest absolute Gasteiger partial charge is 0.337 e. The first-order valence-electron chi connectivity index (χ1n) is 6.43. The molecule has 0 amide bonds. The highest BCUT2D eigenvalue weighted by atomic mass is 19.1. The first-order chi connectivity index (χ1) is 8.99. The number of anilines is 1. The van der Waals surface area contributed by atoms with Gasteiger partial charge in [0.1, 0.15) is 5.82 Å². The summed E-state index contributed by atoms with van der Waals surface area (Å²) in [6.07, 6.45) is 2.07. The van der Waals surface area contributed by atoms with Crippen molar-refractivity contribution in [1.29, 1.82) is 0 Å². The van der Waals surface area contributed by atoms with Crippen LogP contribution in [0.2, 0.25) is 0 Å². The third-order valence-electron chi connectivity index (χ3n) is 3.45. The second-order valence-electron chi connectivity index (χ2n) is 5.22. The van der Waals surface area contributed by atoms with Gasteiger partial charge < -0.3 is 14.9 Å². The predicted octanol–water partition coefficient (Wildman–Crippen LogP) is 2.05. The van der Waals surface area contributed by atoms with E-state index in [1.165, 1.54) is 6.07 Å². The molecule has 1 N–H and O–H groups in total. The summed E-state index contributed by atoms with van der Waals surface area (Å²) in [6, 6.07) is 4.29. The van der Waals surface area contributed by atoms with Crippen LogP contribution in [0.1, 0.15) is 23.2 Å². The number of nitrogens with zero attached hydrogens (tertiary/aromatic N) is 2. The van der Waals surface area contributed by atoms with Gasteiger partial charge in [-0.05, 0) is 45.1 Å². The molecule has 0 radical (unpaired) electrons. The molecule has 1 atom stereocenters. The number of carboxylic acid groups (broad SMARTS) is 1. The van der Waals surface area contributed by atoms with Crippen molar-refractivity contribution >= 4 is 11.7 Å². The normalized spacial score (nSPS) is 19.2. The standard InChI is InChI=1S/C14H19FN2O2/c1-16(2)9-11-4-3-7-17(11)13-6-5-10(15)8-12(13)14(18)19/h5-6,8,11H,3-4,7,9H2,1-2H3,(H,18,19). The minimum atomic E-state index is -1.08. The number of benzene rings is 1. The molecular formula is C14H19FN2O2. The molecule has 19 heavy (non-hydrogen) atoms. The summed E-state index contributed by atoms with van der Waals surface area (Å²) in [5.41, 5.74) is 0.670. The first-order valence-corrected chi connectivity index (χ1v) is 6.43. The van der Waals surface area contributed by atoms with E-state index in [1.54, 1.807) is 6.07 Å². The molecule has 0 bridgehead atoms. The van der Waals surface area contributed by atoms with E-state index in [2.05, 4.69) is 9.80 Å². The predicted molar refractivity (Wildman–Crippen MR) is 72.3 cm³/mol. The average molecular weight is 266 g/mol. The van der Waals surface area contributed by atoms with Crippen molar-refractivity contribution in [3.05, 3.63) is 29.6 Å². The van der Waals surface area contributed by atoms with Crippen LogP contribution in [0.3, 0.4) is 0 Å². The summed E-state index contributed by atoms with van der Waals surface area (Å²) in [5, 5.41) is 9.21. The Labute approximate surface area is 112 Å². The van der Waals surface area contributed by atoms with E-state index in [0.717, 1.165) is 32.0 Å². The van der Waals surface area contributed by atoms with Crippen LogP contribution in [0.5, 0.6) is 0 Å². The molecule has 1 aliphatic heterocycles. The Balaban J connectivity index is 2.32. The number of rotatable bonds is 4. The molecule has 0 saturated carbocycles. The van der Waals surface area contributed by atoms with Crippen LogP contribution in [0.25, 0.3) is 0 Å². The first kappa shape index (κ1) is 13.8. The van der Waals surface area contributed by atoms with Crippen molar-refractivity contribution in [2.75, 3.05) is 32.1 Å². The number of carboxylic acids is 1. The van der Waals surface area contributed by atoms with Gasteiger partial charge in [0.05, 0.1) is 11.3 Å². The number of carbonyl (C=O) groups is 1. The zero-order valence-electron chi connectivity index (χ0n) is 11.3. The number of aromatic carboxylic acids is 1. The number of hydrogen-bond acceptors (Lipinski definition) is 3. The lowest BCUT2D eigenvalue weighted by atomic mass is 10.1. The minimum Gasteiger partial charge on any atom is -0.478 e. The maximum atomic E-state index is 13.2. The van der Waals surface area contributed by atoms with E-state index in [-0.39, 0.29) is 5.56 Å². The van der Waals surface area contributed by atoms with Gasteiger partial charge in [0, 0.05) is 19.1 Å². The van der Waals surface area contributed by atoms with E-state index < -0.39 is 11.8 Å². The summed E-state index contributed by atoms with van der Waals surface area (Å²) in [6.45, 7) is 1.70. The molecule has 5 heteroatoms. The molecule has 1 aliphatic rings. The molecule has 4 nitrogen and oxygen atoms in total. The van der Waals surface area contributed by atoms with Gasteiger partial charge in [-0.3, -0.25) is 0 Å². The number of hydrogen-bond donors (Lipinski definition) is 1. The Morgan fingerprint density at radius 1 is 1.53 bits per heavy atom. The van der Waals surface area contributed by atoms with Crippen LogP contribution in [-0.4, -0.2) is 49.2 Å². The lowest BCUT2D eigenvalue weighted by molar-refractivity contribution is 0.0697. The van der Waals surface area contributed by atoms with Gasteiger partial charge in [-0.2, -0.15) is 0 Å². The highest BCUT2D eigenvalue weighted by molar-refractivity contribution is 5.94. The van der Waals surface area contributed by atoms with Crippen molar-refractivity contribution in [2.45, 2.75) is 18.9 Å². The van der Waals surface area contributed by atoms with Crippen LogP contribution in [0.15, 0.2) is 18.2 Å². The van der Waals surface area contributed by atoms with Crippen molar-refractivity contribution in [3.63, 3.8) is 0 Å². The summed E-state index contributed by atoms with van der Waals surface area (Å²) in [5.74, 6) is -1.59. The molecular weight excluding hydrogens is 247 g/mol. The van der Waals surface area contributed by atoms with Gasteiger partial charge in [0.25, 0.3) is 0 Å². The fraction of sp³-hybridized carbons (Fsp3) is 0.500. The topological polar surface area (TPSA) is 43.8 Å². The zero-order chi connectivity index (χ0) is 14.0. The van der Waals surface area contributed by atoms with E-state index in [1.807, 2.05) is 14.1 Å². The Hall–Kier alpha value is -1.62. The van der Waals surface area contributed by atoms with Gasteiger partial charge in [0.2, 0.25) is 0 Å². The monoisotopic (exact) mass is 266 g/mol. The Kier molecular flexibility index (Phi) is 4.04. The summed E-state index contributed by atoms with van der Waals surface area (Å²) < 4.78 is 13.2. The molecule has 1 aromatic carbocycles. The molecule has 0 spiro atoms. The molecule has 1 unspecified atom stereocenters. The van der Waals surface area contributed by atoms with Gasteiger partial charge in [-0.15, -0.1) is 0 Å². The molecule has 2 rings (SSSR count). The second-order valence-corrected chi connectivity index (χ2v) is 5.22. The quantitative estimate of drug-likeness (QED) is 0.906. The van der Waals surface area contributed by atoms with Gasteiger partial charge >= 0.3 is 5.97 Å². The lowest BCUT2D eigenvalue weighted by Gasteiger charge is -2.30. The van der Waals surface area contributed by atoms with Crippen molar-refractivity contribution in [2.24, 2.45) is 0 Å². The molecule has 104 valence electrons. The fourth-order valence-corrected chi connectivity index (χ4v) is 2.69. The minimum absolute atomic E-state index is 0.0469. The zero-order valence-corrected chi connectivity index (χ0v) is 11.3. The number of halogens is 1. The number of likely N-dealkylation sites (N-methyl/N-ethyl adjacent to an activating group) is 1. The molecule has 1 aromatic rings. The van der Waals surface area contributed by atoms with Gasteiger partial charge in [-0.25, -0.2) is 9.18 Å². The highest BCUT2D eigenvalue weighted by Gasteiger charge is 2.28. The van der Waals surface area contributed by atoms with E-state index in [0.29, 0.717) is 11.7 Å². The third kappa shape index (κ3) is 3.04. The highest BCUT2D eigenvalue weighted by Crippen LogP contribution is 2.29. The molecule has 1 heterocycles. The summed E-state index contributed by atoms with van der Waals surface area (Å²) in [7, 11) is 4.00. The lowest BCUT2D eigenvalue weighted by Crippen LogP contribution is -2.38. The SMILES string of the molecule is CN(C)CC1CCCN1c1ccc(F)cc1C(=O)O. The van der Waals surface area contributed by atoms with Crippen LogP contribution in [-0.2, 0) is 0 Å². The molecule has 0 aliphatic carbocycles. The molecule has 0 aromatic heterocycles. The van der Waals surface area contributed by atoms with Crippen molar-refractivity contribution in [3.8, 4) is 0 Å². The molecule has 1 fully saturated rings.